The molecule has 1 atom stereocenters. The summed E-state index contributed by atoms with van der Waals surface area (Å²) in [6.45, 7) is -0.0859. The average molecular weight is 418 g/mol. The zero-order valence-corrected chi connectivity index (χ0v) is 15.8. The Labute approximate surface area is 168 Å². The minimum Gasteiger partial charge on any atom is -0.489 e. The third kappa shape index (κ3) is 2.64. The van der Waals surface area contributed by atoms with Gasteiger partial charge in [-0.15, -0.1) is 5.10 Å². The molecular formula is C18H12ClN3O7. The Balaban J connectivity index is 1.94. The number of hydrogen-bond acceptors (Lipinski definition) is 9. The van der Waals surface area contributed by atoms with Gasteiger partial charge in [0.15, 0.2) is 5.69 Å². The summed E-state index contributed by atoms with van der Waals surface area (Å²) >= 11 is 6.04. The van der Waals surface area contributed by atoms with E-state index in [0.29, 0.717) is 11.1 Å². The molecule has 0 fully saturated rings. The summed E-state index contributed by atoms with van der Waals surface area (Å²) in [5.74, 6) is -3.25. The Hall–Kier alpha value is -3.53. The lowest BCUT2D eigenvalue weighted by molar-refractivity contribution is -0.111. The second kappa shape index (κ2) is 6.82. The van der Waals surface area contributed by atoms with Crippen LogP contribution in [0.4, 0.5) is 0 Å². The molecule has 0 spiro atoms. The van der Waals surface area contributed by atoms with Crippen LogP contribution in [0.3, 0.4) is 0 Å². The highest BCUT2D eigenvalue weighted by molar-refractivity contribution is 6.64. The number of rotatable bonds is 3. The first kappa shape index (κ1) is 18.8. The Morgan fingerprint density at radius 1 is 1.17 bits per heavy atom. The zero-order chi connectivity index (χ0) is 20.9. The quantitative estimate of drug-likeness (QED) is 0.533. The number of ether oxygens (including phenoxy) is 3. The number of benzene rings is 1. The second-order valence-corrected chi connectivity index (χ2v) is 6.49. The third-order valence-electron chi connectivity index (χ3n) is 4.67. The normalized spacial score (nSPS) is 17.6. The van der Waals surface area contributed by atoms with Gasteiger partial charge >= 0.3 is 11.9 Å². The molecule has 0 saturated carbocycles. The maximum absolute atomic E-state index is 12.4. The number of halogens is 1. The van der Waals surface area contributed by atoms with Crippen molar-refractivity contribution in [3.63, 3.8) is 0 Å². The SMILES string of the molecule is COC(=O)c1nnn(C2COC3=C(Cl)C(=O)C(=O)c4cccc2c43)c1C(=O)OC. The van der Waals surface area contributed by atoms with Crippen molar-refractivity contribution in [2.75, 3.05) is 20.8 Å². The van der Waals surface area contributed by atoms with Crippen molar-refractivity contribution < 1.29 is 33.4 Å². The summed E-state index contributed by atoms with van der Waals surface area (Å²) in [6, 6.07) is 4.00. The molecule has 10 nitrogen and oxygen atoms in total. The van der Waals surface area contributed by atoms with Crippen molar-refractivity contribution in [2.45, 2.75) is 6.04 Å². The first-order chi connectivity index (χ1) is 13.9. The van der Waals surface area contributed by atoms with E-state index >= 15 is 0 Å². The molecule has 1 aromatic heterocycles. The number of carbonyl (C=O) groups is 4. The first-order valence-corrected chi connectivity index (χ1v) is 8.65. The smallest absolute Gasteiger partial charge is 0.361 e. The molecule has 148 valence electrons. The Morgan fingerprint density at radius 3 is 2.59 bits per heavy atom. The molecule has 1 aliphatic carbocycles. The maximum Gasteiger partial charge on any atom is 0.361 e. The standard InChI is InChI=1S/C18H12ClN3O7/c1-27-17(25)12-13(18(26)28-2)22(21-20-12)9-6-29-16-10-7(9)4-3-5-8(10)14(23)15(24)11(16)19/h3-5,9H,6H2,1-2H3. The number of aromatic nitrogens is 3. The van der Waals surface area contributed by atoms with Crippen LogP contribution in [0, 0.1) is 0 Å². The fourth-order valence-corrected chi connectivity index (χ4v) is 3.58. The van der Waals surface area contributed by atoms with Crippen LogP contribution in [-0.4, -0.2) is 59.3 Å². The molecular weight excluding hydrogens is 406 g/mol. The Kier molecular flexibility index (Phi) is 4.42. The molecule has 0 radical (unpaired) electrons. The van der Waals surface area contributed by atoms with Crippen molar-refractivity contribution in [3.05, 3.63) is 51.3 Å². The predicted octanol–water partition coefficient (Wildman–Crippen LogP) is 1.14. The highest BCUT2D eigenvalue weighted by atomic mass is 35.5. The van der Waals surface area contributed by atoms with Crippen LogP contribution in [0.2, 0.25) is 0 Å². The highest BCUT2D eigenvalue weighted by Gasteiger charge is 2.41. The van der Waals surface area contributed by atoms with E-state index in [1.165, 1.54) is 10.7 Å². The molecule has 11 heteroatoms. The summed E-state index contributed by atoms with van der Waals surface area (Å²) in [7, 11) is 2.29. The average Bonchev–Trinajstić information content (AvgIpc) is 3.19. The molecule has 1 aliphatic heterocycles. The fraction of sp³-hybridized carbons (Fsp3) is 0.222. The van der Waals surface area contributed by atoms with Gasteiger partial charge in [-0.2, -0.15) is 0 Å². The van der Waals surface area contributed by atoms with E-state index in [-0.39, 0.29) is 34.3 Å². The van der Waals surface area contributed by atoms with E-state index in [9.17, 15) is 19.2 Å². The van der Waals surface area contributed by atoms with Gasteiger partial charge in [0.25, 0.3) is 0 Å². The van der Waals surface area contributed by atoms with E-state index < -0.39 is 29.5 Å². The summed E-state index contributed by atoms with van der Waals surface area (Å²) in [6.07, 6.45) is 0. The van der Waals surface area contributed by atoms with E-state index in [2.05, 4.69) is 15.0 Å². The lowest BCUT2D eigenvalue weighted by atomic mass is 9.86. The molecule has 2 aromatic rings. The van der Waals surface area contributed by atoms with Crippen molar-refractivity contribution in [3.8, 4) is 0 Å². The summed E-state index contributed by atoms with van der Waals surface area (Å²) in [5, 5.41) is 7.35. The number of hydrogen-bond donors (Lipinski definition) is 0. The molecule has 1 aromatic carbocycles. The van der Waals surface area contributed by atoms with Crippen LogP contribution in [0.5, 0.6) is 0 Å². The Bertz CT molecular complexity index is 1130. The predicted molar refractivity (Wildman–Crippen MR) is 95.3 cm³/mol. The molecule has 4 rings (SSSR count). The maximum atomic E-state index is 12.4. The van der Waals surface area contributed by atoms with E-state index in [1.54, 1.807) is 12.1 Å². The van der Waals surface area contributed by atoms with Crippen LogP contribution in [0.15, 0.2) is 23.2 Å². The largest absolute Gasteiger partial charge is 0.489 e. The minimum absolute atomic E-state index is 0.0859. The van der Waals surface area contributed by atoms with Crippen LogP contribution < -0.4 is 0 Å². The zero-order valence-electron chi connectivity index (χ0n) is 15.1. The monoisotopic (exact) mass is 417 g/mol. The summed E-state index contributed by atoms with van der Waals surface area (Å²) < 4.78 is 16.2. The van der Waals surface area contributed by atoms with Gasteiger partial charge in [-0.3, -0.25) is 9.59 Å². The van der Waals surface area contributed by atoms with E-state index in [4.69, 9.17) is 21.1 Å². The molecule has 2 heterocycles. The molecule has 0 bridgehead atoms. The van der Waals surface area contributed by atoms with Crippen molar-refractivity contribution in [1.82, 2.24) is 15.0 Å². The molecule has 1 unspecified atom stereocenters. The van der Waals surface area contributed by atoms with Crippen LogP contribution in [0.1, 0.15) is 48.5 Å². The molecule has 29 heavy (non-hydrogen) atoms. The van der Waals surface area contributed by atoms with Gasteiger partial charge in [0.05, 0.1) is 14.2 Å². The van der Waals surface area contributed by atoms with Crippen molar-refractivity contribution >= 4 is 40.9 Å². The number of ketones is 2. The van der Waals surface area contributed by atoms with E-state index in [1.807, 2.05) is 0 Å². The lowest BCUT2D eigenvalue weighted by Crippen LogP contribution is -2.32. The van der Waals surface area contributed by atoms with Crippen molar-refractivity contribution in [2.24, 2.45) is 0 Å². The number of allylic oxidation sites excluding steroid dienone is 1. The molecule has 2 aliphatic rings. The van der Waals surface area contributed by atoms with Crippen LogP contribution in [0.25, 0.3) is 5.76 Å². The van der Waals surface area contributed by atoms with Gasteiger partial charge in [-0.1, -0.05) is 35.0 Å². The molecule has 0 N–H and O–H groups in total. The van der Waals surface area contributed by atoms with Gasteiger partial charge in [0.2, 0.25) is 17.3 Å². The third-order valence-corrected chi connectivity index (χ3v) is 5.01. The van der Waals surface area contributed by atoms with Gasteiger partial charge in [0.1, 0.15) is 23.4 Å². The van der Waals surface area contributed by atoms with E-state index in [0.717, 1.165) is 14.2 Å². The van der Waals surface area contributed by atoms with Gasteiger partial charge in [0, 0.05) is 11.1 Å². The number of carbonyl (C=O) groups excluding carboxylic acids is 4. The van der Waals surface area contributed by atoms with Gasteiger partial charge in [-0.25, -0.2) is 14.3 Å². The number of esters is 2. The number of nitrogens with zero attached hydrogens (tertiary/aromatic N) is 3. The summed E-state index contributed by atoms with van der Waals surface area (Å²) in [4.78, 5) is 48.8. The lowest BCUT2D eigenvalue weighted by Gasteiger charge is -2.31. The Morgan fingerprint density at radius 2 is 1.90 bits per heavy atom. The van der Waals surface area contributed by atoms with Gasteiger partial charge < -0.3 is 14.2 Å². The van der Waals surface area contributed by atoms with Gasteiger partial charge in [-0.05, 0) is 5.56 Å². The topological polar surface area (TPSA) is 127 Å². The number of methoxy groups -OCH3 is 2. The van der Waals surface area contributed by atoms with Crippen molar-refractivity contribution in [1.29, 1.82) is 0 Å². The molecule has 0 saturated heterocycles. The van der Waals surface area contributed by atoms with Crippen LogP contribution in [-0.2, 0) is 19.0 Å². The summed E-state index contributed by atoms with van der Waals surface area (Å²) in [5.41, 5.74) is 0.431. The first-order valence-electron chi connectivity index (χ1n) is 8.27. The molecule has 0 amide bonds. The fourth-order valence-electron chi connectivity index (χ4n) is 3.35. The second-order valence-electron chi connectivity index (χ2n) is 6.11. The number of Topliss-reactive ketones (excluding diaryl/α,β-unsaturated/α-hetero) is 2. The highest BCUT2D eigenvalue weighted by Crippen LogP contribution is 2.42. The minimum atomic E-state index is -0.868. The van der Waals surface area contributed by atoms with Crippen LogP contribution >= 0.6 is 11.6 Å².